The number of nitrogens with zero attached hydrogens (tertiary/aromatic N) is 1. The van der Waals surface area contributed by atoms with Gasteiger partial charge in [-0.15, -0.1) is 0 Å². The molecule has 9 rings (SSSR count). The van der Waals surface area contributed by atoms with Gasteiger partial charge in [0.25, 0.3) is 0 Å². The van der Waals surface area contributed by atoms with Crippen LogP contribution in [-0.2, 0) is 28.0 Å². The molecule has 5 heteroatoms. The van der Waals surface area contributed by atoms with Gasteiger partial charge in [-0.25, -0.2) is 0 Å². The first kappa shape index (κ1) is 23.3. The molecule has 1 saturated heterocycles. The van der Waals surface area contributed by atoms with E-state index in [1.54, 1.807) is 6.92 Å². The van der Waals surface area contributed by atoms with Crippen molar-refractivity contribution in [2.75, 3.05) is 20.2 Å². The van der Waals surface area contributed by atoms with Gasteiger partial charge in [0.05, 0.1) is 5.41 Å². The highest BCUT2D eigenvalue weighted by atomic mass is 16.6. The highest BCUT2D eigenvalue weighted by Gasteiger charge is 2.79. The van der Waals surface area contributed by atoms with Crippen LogP contribution < -0.4 is 9.47 Å². The van der Waals surface area contributed by atoms with E-state index in [0.29, 0.717) is 19.1 Å². The van der Waals surface area contributed by atoms with Gasteiger partial charge in [-0.05, 0) is 68.7 Å². The Hall–Kier alpha value is -2.63. The Morgan fingerprint density at radius 2 is 1.97 bits per heavy atom. The van der Waals surface area contributed by atoms with Gasteiger partial charge in [0.2, 0.25) is 0 Å². The van der Waals surface area contributed by atoms with Gasteiger partial charge in [0.1, 0.15) is 24.1 Å². The van der Waals surface area contributed by atoms with E-state index in [0.717, 1.165) is 48.8 Å². The average Bonchev–Trinajstić information content (AvgIpc) is 3.67. The topological polar surface area (TPSA) is 48.0 Å². The van der Waals surface area contributed by atoms with E-state index in [4.69, 9.17) is 14.2 Å². The zero-order valence-corrected chi connectivity index (χ0v) is 22.4. The smallest absolute Gasteiger partial charge is 0.166 e. The van der Waals surface area contributed by atoms with Crippen LogP contribution in [0.5, 0.6) is 11.5 Å². The third-order valence-corrected chi connectivity index (χ3v) is 11.0. The molecule has 0 N–H and O–H groups in total. The highest BCUT2D eigenvalue weighted by Crippen LogP contribution is 2.75. The van der Waals surface area contributed by atoms with Crippen molar-refractivity contribution in [3.8, 4) is 11.5 Å². The van der Waals surface area contributed by atoms with Gasteiger partial charge in [-0.1, -0.05) is 48.6 Å². The minimum absolute atomic E-state index is 0.0541. The van der Waals surface area contributed by atoms with E-state index >= 15 is 0 Å². The summed E-state index contributed by atoms with van der Waals surface area (Å²) in [6.45, 7) is 4.54. The van der Waals surface area contributed by atoms with Crippen LogP contribution in [0, 0.1) is 17.3 Å². The monoisotopic (exact) mass is 511 g/mol. The van der Waals surface area contributed by atoms with Crippen molar-refractivity contribution < 1.29 is 19.0 Å². The lowest BCUT2D eigenvalue weighted by molar-refractivity contribution is -0.217. The van der Waals surface area contributed by atoms with Crippen molar-refractivity contribution in [2.24, 2.45) is 17.3 Å². The first-order chi connectivity index (χ1) is 18.5. The number of ketones is 1. The number of piperidine rings is 1. The number of benzene rings is 2. The Bertz CT molecular complexity index is 1330. The normalized spacial score (nSPS) is 37.6. The Kier molecular flexibility index (Phi) is 4.87. The lowest BCUT2D eigenvalue weighted by atomic mass is 9.37. The van der Waals surface area contributed by atoms with Crippen LogP contribution in [0.2, 0.25) is 0 Å². The summed E-state index contributed by atoms with van der Waals surface area (Å²) in [4.78, 5) is 15.4. The molecule has 4 bridgehead atoms. The maximum Gasteiger partial charge on any atom is 0.166 e. The Morgan fingerprint density at radius 1 is 1.13 bits per heavy atom. The average molecular weight is 512 g/mol. The number of carbonyl (C=O) groups excluding carboxylic acids is 1. The number of methoxy groups -OCH3 is 1. The maximum absolute atomic E-state index is 12.5. The Balaban J connectivity index is 1.28. The molecule has 2 aromatic rings. The Morgan fingerprint density at radius 3 is 2.74 bits per heavy atom. The van der Waals surface area contributed by atoms with Crippen molar-refractivity contribution in [1.29, 1.82) is 0 Å². The summed E-state index contributed by atoms with van der Waals surface area (Å²) >= 11 is 0. The number of fused-ring (bicyclic) bond motifs is 1. The third kappa shape index (κ3) is 2.87. The second kappa shape index (κ2) is 7.95. The maximum atomic E-state index is 12.5. The summed E-state index contributed by atoms with van der Waals surface area (Å²) < 4.78 is 20.1. The van der Waals surface area contributed by atoms with Crippen LogP contribution >= 0.6 is 0 Å². The van der Waals surface area contributed by atoms with Crippen LogP contribution in [0.15, 0.2) is 54.6 Å². The molecule has 7 aliphatic rings. The number of likely N-dealkylation sites (tertiary alicyclic amines) is 1. The second-order valence-electron chi connectivity index (χ2n) is 12.8. The number of Topliss-reactive ketones (excluding diaryl/α,β-unsaturated/α-hetero) is 1. The van der Waals surface area contributed by atoms with E-state index in [1.807, 2.05) is 13.2 Å². The second-order valence-corrected chi connectivity index (χ2v) is 12.8. The standard InChI is InChI=1S/C33H37NO4/c1-21(35)16-25-18-31-12-13-33(25,36-2)30-32(31)14-15-34(19-22-8-9-22)27(31)17-24-10-11-26(29(38-30)28(24)32)37-20-23-6-4-3-5-7-23/h3-7,10-13,22,25,27,30H,8-9,14-20H2,1-2H3/t25-,27+,30+,31+,32-,33+/m0/s1. The number of carbonyl (C=O) groups is 1. The first-order valence-electron chi connectivity index (χ1n) is 14.5. The minimum atomic E-state index is -0.610. The van der Waals surface area contributed by atoms with Gasteiger partial charge in [0.15, 0.2) is 11.5 Å². The molecule has 0 radical (unpaired) electrons. The molecule has 38 heavy (non-hydrogen) atoms. The number of hydrogen-bond acceptors (Lipinski definition) is 5. The van der Waals surface area contributed by atoms with E-state index < -0.39 is 5.60 Å². The van der Waals surface area contributed by atoms with Crippen molar-refractivity contribution in [3.05, 3.63) is 71.3 Å². The molecule has 0 unspecified atom stereocenters. The molecule has 5 nitrogen and oxygen atoms in total. The minimum Gasteiger partial charge on any atom is -0.485 e. The number of ether oxygens (including phenoxy) is 3. The van der Waals surface area contributed by atoms with Crippen molar-refractivity contribution in [1.82, 2.24) is 4.90 Å². The SMILES string of the molecule is CO[C@]12C=C[C@@]3(C[C@@H]1CC(C)=O)[C@H]1Cc4ccc(OCc5ccccc5)c5c4[C@@]3(CCN1CC1CC1)[C@H]2O5. The molecule has 5 aliphatic carbocycles. The van der Waals surface area contributed by atoms with Crippen LogP contribution in [0.25, 0.3) is 0 Å². The van der Waals surface area contributed by atoms with E-state index in [1.165, 1.54) is 30.5 Å². The number of rotatable bonds is 8. The number of hydrogen-bond donors (Lipinski definition) is 0. The zero-order chi connectivity index (χ0) is 25.7. The summed E-state index contributed by atoms with van der Waals surface area (Å²) in [5.41, 5.74) is 3.13. The van der Waals surface area contributed by atoms with Gasteiger partial charge < -0.3 is 19.0 Å². The molecule has 6 atom stereocenters. The van der Waals surface area contributed by atoms with Gasteiger partial charge in [-0.2, -0.15) is 0 Å². The van der Waals surface area contributed by atoms with Crippen molar-refractivity contribution in [2.45, 2.75) is 75.2 Å². The van der Waals surface area contributed by atoms with Crippen LogP contribution in [0.4, 0.5) is 0 Å². The first-order valence-corrected chi connectivity index (χ1v) is 14.5. The summed E-state index contributed by atoms with van der Waals surface area (Å²) in [6, 6.07) is 15.2. The molecule has 2 heterocycles. The van der Waals surface area contributed by atoms with E-state index in [-0.39, 0.29) is 28.6 Å². The third-order valence-electron chi connectivity index (χ3n) is 11.0. The molecule has 2 saturated carbocycles. The molecule has 198 valence electrons. The van der Waals surface area contributed by atoms with Crippen molar-refractivity contribution >= 4 is 5.78 Å². The van der Waals surface area contributed by atoms with Gasteiger partial charge >= 0.3 is 0 Å². The molecule has 0 amide bonds. The molecule has 2 aromatic carbocycles. The lowest BCUT2D eigenvalue weighted by Crippen LogP contribution is -2.79. The predicted molar refractivity (Wildman–Crippen MR) is 144 cm³/mol. The fraction of sp³-hybridized carbons (Fsp3) is 0.545. The molecular weight excluding hydrogens is 474 g/mol. The largest absolute Gasteiger partial charge is 0.485 e. The van der Waals surface area contributed by atoms with Crippen LogP contribution in [0.1, 0.15) is 55.7 Å². The summed E-state index contributed by atoms with van der Waals surface area (Å²) in [6.07, 6.45) is 11.0. The van der Waals surface area contributed by atoms with Gasteiger partial charge in [0, 0.05) is 43.0 Å². The summed E-state index contributed by atoms with van der Waals surface area (Å²) in [5, 5.41) is 0. The zero-order valence-electron chi connectivity index (χ0n) is 22.4. The summed E-state index contributed by atoms with van der Waals surface area (Å²) in [7, 11) is 1.81. The lowest BCUT2D eigenvalue weighted by Gasteiger charge is -2.71. The molecule has 0 aromatic heterocycles. The Labute approximate surface area is 225 Å². The van der Waals surface area contributed by atoms with E-state index in [9.17, 15) is 4.79 Å². The molecule has 3 fully saturated rings. The van der Waals surface area contributed by atoms with E-state index in [2.05, 4.69) is 53.5 Å². The van der Waals surface area contributed by atoms with Crippen molar-refractivity contribution in [3.63, 3.8) is 0 Å². The molecule has 2 spiro atoms. The summed E-state index contributed by atoms with van der Waals surface area (Å²) in [5.74, 6) is 2.96. The van der Waals surface area contributed by atoms with Crippen LogP contribution in [0.3, 0.4) is 0 Å². The quantitative estimate of drug-likeness (QED) is 0.454. The predicted octanol–water partition coefficient (Wildman–Crippen LogP) is 5.25. The molecular formula is C33H37NO4. The molecule has 2 aliphatic heterocycles. The van der Waals surface area contributed by atoms with Crippen LogP contribution in [-0.4, -0.2) is 48.6 Å². The fourth-order valence-electron chi connectivity index (χ4n) is 9.34. The highest BCUT2D eigenvalue weighted by molar-refractivity contribution is 5.76. The fourth-order valence-corrected chi connectivity index (χ4v) is 9.34. The van der Waals surface area contributed by atoms with Gasteiger partial charge in [-0.3, -0.25) is 4.90 Å².